The van der Waals surface area contributed by atoms with E-state index in [0.717, 1.165) is 29.7 Å². The van der Waals surface area contributed by atoms with Crippen molar-refractivity contribution in [3.63, 3.8) is 0 Å². The van der Waals surface area contributed by atoms with E-state index in [1.54, 1.807) is 12.1 Å². The lowest BCUT2D eigenvalue weighted by atomic mass is 9.91. The zero-order chi connectivity index (χ0) is 20.5. The minimum Gasteiger partial charge on any atom is -0.318 e. The van der Waals surface area contributed by atoms with Crippen molar-refractivity contribution in [3.05, 3.63) is 57.6 Å². The van der Waals surface area contributed by atoms with Crippen LogP contribution in [0.25, 0.3) is 0 Å². The SMILES string of the molecule is O=C(Nc1ccc([N+](=O)[O-])cc1)C(=O)Nc1cc2c3c(c1)CCC(=O)N3CCC2. The number of nitrogens with zero attached hydrogens (tertiary/aromatic N) is 2. The fourth-order valence-corrected chi connectivity index (χ4v) is 3.77. The van der Waals surface area contributed by atoms with Gasteiger partial charge in [0.05, 0.1) is 10.6 Å². The molecule has 0 fully saturated rings. The molecular weight excluding hydrogens is 376 g/mol. The molecule has 2 aliphatic heterocycles. The topological polar surface area (TPSA) is 122 Å². The number of carbonyl (C=O) groups is 3. The number of rotatable bonds is 3. The Kier molecular flexibility index (Phi) is 4.71. The molecule has 2 N–H and O–H groups in total. The minimum atomic E-state index is -0.873. The van der Waals surface area contributed by atoms with Crippen LogP contribution in [0, 0.1) is 10.1 Å². The Morgan fingerprint density at radius 1 is 0.931 bits per heavy atom. The summed E-state index contributed by atoms with van der Waals surface area (Å²) in [6, 6.07) is 8.82. The lowest BCUT2D eigenvalue weighted by Crippen LogP contribution is -2.39. The van der Waals surface area contributed by atoms with Crippen molar-refractivity contribution >= 4 is 40.5 Å². The van der Waals surface area contributed by atoms with Gasteiger partial charge in [0.15, 0.2) is 0 Å². The van der Waals surface area contributed by atoms with E-state index in [4.69, 9.17) is 0 Å². The molecule has 2 aromatic carbocycles. The van der Waals surface area contributed by atoms with Crippen LogP contribution in [0.15, 0.2) is 36.4 Å². The third kappa shape index (κ3) is 3.66. The van der Waals surface area contributed by atoms with Gasteiger partial charge in [0.2, 0.25) is 5.91 Å². The highest BCUT2D eigenvalue weighted by atomic mass is 16.6. The van der Waals surface area contributed by atoms with Gasteiger partial charge in [0, 0.05) is 36.5 Å². The summed E-state index contributed by atoms with van der Waals surface area (Å²) in [5, 5.41) is 15.7. The molecule has 0 saturated heterocycles. The molecule has 0 atom stereocenters. The fraction of sp³-hybridized carbons (Fsp3) is 0.250. The van der Waals surface area contributed by atoms with Gasteiger partial charge in [-0.15, -0.1) is 0 Å². The lowest BCUT2D eigenvalue weighted by molar-refractivity contribution is -0.384. The van der Waals surface area contributed by atoms with Crippen LogP contribution in [0.3, 0.4) is 0 Å². The summed E-state index contributed by atoms with van der Waals surface area (Å²) in [5.41, 5.74) is 3.62. The zero-order valence-electron chi connectivity index (χ0n) is 15.4. The minimum absolute atomic E-state index is 0.108. The van der Waals surface area contributed by atoms with Crippen LogP contribution in [0.5, 0.6) is 0 Å². The highest BCUT2D eigenvalue weighted by Crippen LogP contribution is 2.37. The van der Waals surface area contributed by atoms with Gasteiger partial charge in [-0.05, 0) is 54.7 Å². The first-order valence-electron chi connectivity index (χ1n) is 9.25. The maximum absolute atomic E-state index is 12.3. The smallest absolute Gasteiger partial charge is 0.314 e. The predicted molar refractivity (Wildman–Crippen MR) is 106 cm³/mol. The largest absolute Gasteiger partial charge is 0.318 e. The van der Waals surface area contributed by atoms with Crippen LogP contribution in [0.1, 0.15) is 24.0 Å². The van der Waals surface area contributed by atoms with E-state index in [1.165, 1.54) is 24.3 Å². The normalized spacial score (nSPS) is 14.8. The van der Waals surface area contributed by atoms with Gasteiger partial charge in [-0.3, -0.25) is 24.5 Å². The van der Waals surface area contributed by atoms with E-state index in [1.807, 2.05) is 4.90 Å². The van der Waals surface area contributed by atoms with E-state index in [2.05, 4.69) is 10.6 Å². The van der Waals surface area contributed by atoms with E-state index in [-0.39, 0.29) is 17.3 Å². The average Bonchev–Trinajstić information content (AvgIpc) is 2.71. The molecule has 148 valence electrons. The first-order chi connectivity index (χ1) is 13.9. The third-order valence-electron chi connectivity index (χ3n) is 5.07. The van der Waals surface area contributed by atoms with Crippen molar-refractivity contribution in [2.75, 3.05) is 22.1 Å². The molecule has 9 nitrogen and oxygen atoms in total. The summed E-state index contributed by atoms with van der Waals surface area (Å²) in [6.07, 6.45) is 2.71. The second-order valence-electron chi connectivity index (χ2n) is 7.00. The molecule has 0 bridgehead atoms. The molecule has 2 heterocycles. The monoisotopic (exact) mass is 394 g/mol. The van der Waals surface area contributed by atoms with Crippen molar-refractivity contribution in [2.45, 2.75) is 25.7 Å². The Balaban J connectivity index is 1.48. The first kappa shape index (κ1) is 18.6. The fourth-order valence-electron chi connectivity index (χ4n) is 3.77. The molecular formula is C20H18N4O5. The Labute approximate surface area is 165 Å². The van der Waals surface area contributed by atoms with Crippen molar-refractivity contribution in [3.8, 4) is 0 Å². The Morgan fingerprint density at radius 3 is 2.21 bits per heavy atom. The summed E-state index contributed by atoms with van der Waals surface area (Å²) in [6.45, 7) is 0.710. The maximum atomic E-state index is 12.3. The Morgan fingerprint density at radius 2 is 1.55 bits per heavy atom. The Bertz CT molecular complexity index is 1010. The number of anilines is 3. The number of benzene rings is 2. The van der Waals surface area contributed by atoms with Gasteiger partial charge in [-0.25, -0.2) is 0 Å². The predicted octanol–water partition coefficient (Wildman–Crippen LogP) is 2.40. The number of carbonyl (C=O) groups excluding carboxylic acids is 3. The van der Waals surface area contributed by atoms with Gasteiger partial charge in [-0.2, -0.15) is 0 Å². The number of hydrogen-bond acceptors (Lipinski definition) is 5. The first-order valence-corrected chi connectivity index (χ1v) is 9.25. The van der Waals surface area contributed by atoms with Crippen LogP contribution >= 0.6 is 0 Å². The van der Waals surface area contributed by atoms with E-state index in [9.17, 15) is 24.5 Å². The average molecular weight is 394 g/mol. The standard InChI is InChI=1S/C20H18N4O5/c25-17-8-3-13-11-15(10-12-2-1-9-23(17)18(12)13)22-20(27)19(26)21-14-4-6-16(7-5-14)24(28)29/h4-7,10-11H,1-3,8-9H2,(H,21,26)(H,22,27). The molecule has 0 radical (unpaired) electrons. The molecule has 0 aromatic heterocycles. The molecule has 29 heavy (non-hydrogen) atoms. The molecule has 0 spiro atoms. The highest BCUT2D eigenvalue weighted by molar-refractivity contribution is 6.43. The molecule has 0 saturated carbocycles. The van der Waals surface area contributed by atoms with Crippen LogP contribution < -0.4 is 15.5 Å². The summed E-state index contributed by atoms with van der Waals surface area (Å²) in [7, 11) is 0. The molecule has 3 amide bonds. The van der Waals surface area contributed by atoms with Crippen LogP contribution in [0.2, 0.25) is 0 Å². The number of nitrogens with one attached hydrogen (secondary N) is 2. The summed E-state index contributed by atoms with van der Waals surface area (Å²) < 4.78 is 0. The molecule has 2 aliphatic rings. The van der Waals surface area contributed by atoms with E-state index < -0.39 is 16.7 Å². The van der Waals surface area contributed by atoms with Crippen molar-refractivity contribution in [2.24, 2.45) is 0 Å². The zero-order valence-corrected chi connectivity index (χ0v) is 15.4. The summed E-state index contributed by atoms with van der Waals surface area (Å²) >= 11 is 0. The lowest BCUT2D eigenvalue weighted by Gasteiger charge is -2.35. The number of amides is 3. The molecule has 9 heteroatoms. The van der Waals surface area contributed by atoms with Crippen molar-refractivity contribution < 1.29 is 19.3 Å². The number of hydrogen-bond donors (Lipinski definition) is 2. The van der Waals surface area contributed by atoms with E-state index >= 15 is 0 Å². The molecule has 2 aromatic rings. The molecule has 0 aliphatic carbocycles. The van der Waals surface area contributed by atoms with Crippen LogP contribution in [0.4, 0.5) is 22.7 Å². The van der Waals surface area contributed by atoms with Gasteiger partial charge in [0.1, 0.15) is 0 Å². The van der Waals surface area contributed by atoms with Crippen LogP contribution in [-0.2, 0) is 27.2 Å². The number of nitro groups is 1. The summed E-state index contributed by atoms with van der Waals surface area (Å²) in [4.78, 5) is 48.5. The maximum Gasteiger partial charge on any atom is 0.314 e. The number of nitro benzene ring substituents is 1. The van der Waals surface area contributed by atoms with Gasteiger partial charge in [0.25, 0.3) is 5.69 Å². The second kappa shape index (κ2) is 7.34. The van der Waals surface area contributed by atoms with Gasteiger partial charge >= 0.3 is 11.8 Å². The number of non-ortho nitro benzene ring substituents is 1. The van der Waals surface area contributed by atoms with Crippen molar-refractivity contribution in [1.82, 2.24) is 0 Å². The third-order valence-corrected chi connectivity index (χ3v) is 5.07. The quantitative estimate of drug-likeness (QED) is 0.470. The Hall–Kier alpha value is -3.75. The van der Waals surface area contributed by atoms with Gasteiger partial charge in [-0.1, -0.05) is 0 Å². The van der Waals surface area contributed by atoms with E-state index in [0.29, 0.717) is 25.1 Å². The number of aryl methyl sites for hydroxylation is 2. The highest BCUT2D eigenvalue weighted by Gasteiger charge is 2.30. The second-order valence-corrected chi connectivity index (χ2v) is 7.00. The summed E-state index contributed by atoms with van der Waals surface area (Å²) in [5.74, 6) is -1.59. The van der Waals surface area contributed by atoms with Gasteiger partial charge < -0.3 is 15.5 Å². The molecule has 4 rings (SSSR count). The van der Waals surface area contributed by atoms with Crippen molar-refractivity contribution in [1.29, 1.82) is 0 Å². The van der Waals surface area contributed by atoms with Crippen LogP contribution in [-0.4, -0.2) is 29.2 Å². The molecule has 0 unspecified atom stereocenters.